The van der Waals surface area contributed by atoms with Crippen molar-refractivity contribution in [2.45, 2.75) is 73.1 Å². The minimum atomic E-state index is -1.10. The number of carbonyl (C=O) groups is 3. The zero-order chi connectivity index (χ0) is 28.8. The molecule has 2 aromatic carbocycles. The van der Waals surface area contributed by atoms with Crippen molar-refractivity contribution in [2.75, 3.05) is 18.5 Å². The van der Waals surface area contributed by atoms with E-state index >= 15 is 0 Å². The average Bonchev–Trinajstić information content (AvgIpc) is 2.80. The van der Waals surface area contributed by atoms with Crippen molar-refractivity contribution in [2.24, 2.45) is 5.92 Å². The Morgan fingerprint density at radius 2 is 1.63 bits per heavy atom. The van der Waals surface area contributed by atoms with Gasteiger partial charge in [-0.2, -0.15) is 0 Å². The molecule has 2 rings (SSSR count). The number of carbonyl (C=O) groups excluding carboxylic acids is 3. The number of hydrogen-bond acceptors (Lipinski definition) is 5. The van der Waals surface area contributed by atoms with Gasteiger partial charge in [-0.25, -0.2) is 4.79 Å². The number of aliphatic hydroxyl groups is 1. The molecule has 0 bridgehead atoms. The Balaban J connectivity index is 2.59. The second-order valence-electron chi connectivity index (χ2n) is 10.7. The lowest BCUT2D eigenvalue weighted by atomic mass is 9.94. The minimum absolute atomic E-state index is 0.134. The van der Waals surface area contributed by atoms with E-state index in [1.54, 1.807) is 52.8 Å². The maximum atomic E-state index is 14.0. The monoisotopic (exact) mass is 545 g/mol. The smallest absolute Gasteiger partial charge is 0.408 e. The van der Waals surface area contributed by atoms with Gasteiger partial charge < -0.3 is 25.4 Å². The molecule has 0 aliphatic rings. The molecule has 0 saturated carbocycles. The fraction of sp³-hybridized carbons (Fsp3) is 0.483. The molecule has 0 spiro atoms. The number of anilines is 1. The van der Waals surface area contributed by atoms with Crippen LogP contribution in [-0.4, -0.2) is 52.7 Å². The summed E-state index contributed by atoms with van der Waals surface area (Å²) in [5.41, 5.74) is 2.83. The first-order chi connectivity index (χ1) is 17.7. The quantitative estimate of drug-likeness (QED) is 0.395. The Labute approximate surface area is 230 Å². The van der Waals surface area contributed by atoms with E-state index in [2.05, 4.69) is 10.6 Å². The van der Waals surface area contributed by atoms with E-state index < -0.39 is 35.6 Å². The number of nitrogens with one attached hydrogen (secondary N) is 2. The zero-order valence-corrected chi connectivity index (χ0v) is 24.3. The van der Waals surface area contributed by atoms with Crippen LogP contribution in [0.25, 0.3) is 0 Å². The van der Waals surface area contributed by atoms with Crippen molar-refractivity contribution in [3.05, 3.63) is 63.7 Å². The summed E-state index contributed by atoms with van der Waals surface area (Å²) in [6.45, 7) is 13.9. The second-order valence-corrected chi connectivity index (χ2v) is 11.1. The molecule has 0 radical (unpaired) electrons. The van der Waals surface area contributed by atoms with Gasteiger partial charge in [0.05, 0.1) is 17.3 Å². The van der Waals surface area contributed by atoms with Crippen LogP contribution in [-0.2, 0) is 14.3 Å². The first-order valence-electron chi connectivity index (χ1n) is 12.7. The molecule has 0 aliphatic heterocycles. The van der Waals surface area contributed by atoms with Gasteiger partial charge in [0.1, 0.15) is 17.7 Å². The summed E-state index contributed by atoms with van der Waals surface area (Å²) in [6.07, 6.45) is -0.743. The van der Waals surface area contributed by atoms with E-state index in [4.69, 9.17) is 16.3 Å². The molecule has 0 heterocycles. The van der Waals surface area contributed by atoms with Gasteiger partial charge >= 0.3 is 6.09 Å². The Bertz CT molecular complexity index is 1140. The molecular formula is C29H40ClN3O5. The van der Waals surface area contributed by atoms with Gasteiger partial charge in [0, 0.05) is 6.54 Å². The number of aryl methyl sites for hydroxylation is 2. The summed E-state index contributed by atoms with van der Waals surface area (Å²) in [5, 5.41) is 15.9. The molecule has 208 valence electrons. The maximum Gasteiger partial charge on any atom is 0.408 e. The minimum Gasteiger partial charge on any atom is -0.444 e. The molecule has 2 aromatic rings. The number of aliphatic hydroxyl groups excluding tert-OH is 1. The number of alkyl carbamates (subject to hydrolysis) is 1. The van der Waals surface area contributed by atoms with Crippen LogP contribution in [0.3, 0.4) is 0 Å². The van der Waals surface area contributed by atoms with E-state index in [0.717, 1.165) is 16.7 Å². The van der Waals surface area contributed by atoms with Crippen LogP contribution in [0.15, 0.2) is 36.4 Å². The third-order valence-corrected chi connectivity index (χ3v) is 6.52. The zero-order valence-electron chi connectivity index (χ0n) is 23.5. The van der Waals surface area contributed by atoms with E-state index in [-0.39, 0.29) is 19.1 Å². The van der Waals surface area contributed by atoms with Gasteiger partial charge in [-0.3, -0.25) is 9.59 Å². The predicted molar refractivity (Wildman–Crippen MR) is 150 cm³/mol. The summed E-state index contributed by atoms with van der Waals surface area (Å²) in [4.78, 5) is 41.9. The molecule has 3 amide bonds. The summed E-state index contributed by atoms with van der Waals surface area (Å²) in [6, 6.07) is 8.70. The maximum absolute atomic E-state index is 14.0. The summed E-state index contributed by atoms with van der Waals surface area (Å²) in [5.74, 6) is -1.34. The lowest BCUT2D eigenvalue weighted by Crippen LogP contribution is -2.55. The highest BCUT2D eigenvalue weighted by atomic mass is 35.5. The van der Waals surface area contributed by atoms with E-state index in [9.17, 15) is 19.5 Å². The molecule has 3 N–H and O–H groups in total. The normalized spacial score (nSPS) is 13.0. The van der Waals surface area contributed by atoms with Crippen LogP contribution in [0.5, 0.6) is 0 Å². The molecule has 0 aromatic heterocycles. The third kappa shape index (κ3) is 7.95. The van der Waals surface area contributed by atoms with E-state index in [0.29, 0.717) is 16.3 Å². The van der Waals surface area contributed by atoms with Crippen LogP contribution in [0.2, 0.25) is 5.02 Å². The molecular weight excluding hydrogens is 506 g/mol. The molecule has 0 saturated heterocycles. The van der Waals surface area contributed by atoms with Gasteiger partial charge in [-0.05, 0) is 75.8 Å². The van der Waals surface area contributed by atoms with Crippen molar-refractivity contribution in [1.29, 1.82) is 0 Å². The van der Waals surface area contributed by atoms with Crippen molar-refractivity contribution in [3.63, 3.8) is 0 Å². The number of benzene rings is 2. The second kappa shape index (κ2) is 13.1. The number of nitrogens with zero attached hydrogens (tertiary/aromatic N) is 1. The number of rotatable bonds is 9. The Morgan fingerprint density at radius 1 is 1.03 bits per heavy atom. The lowest BCUT2D eigenvalue weighted by molar-refractivity contribution is -0.142. The topological polar surface area (TPSA) is 108 Å². The Hall–Kier alpha value is -3.10. The number of amides is 3. The molecule has 0 aliphatic carbocycles. The number of halogens is 1. The first-order valence-corrected chi connectivity index (χ1v) is 13.1. The Kier molecular flexibility index (Phi) is 10.7. The van der Waals surface area contributed by atoms with Crippen molar-refractivity contribution in [1.82, 2.24) is 10.2 Å². The fourth-order valence-corrected chi connectivity index (χ4v) is 4.37. The highest BCUT2D eigenvalue weighted by molar-refractivity contribution is 6.34. The van der Waals surface area contributed by atoms with Crippen LogP contribution >= 0.6 is 11.6 Å². The number of hydrogen-bond donors (Lipinski definition) is 3. The molecule has 8 nitrogen and oxygen atoms in total. The molecule has 9 heteroatoms. The number of ether oxygens (including phenoxy) is 1. The summed E-state index contributed by atoms with van der Waals surface area (Å²) >= 11 is 6.39. The Morgan fingerprint density at radius 3 is 2.18 bits per heavy atom. The molecule has 2 atom stereocenters. The van der Waals surface area contributed by atoms with Crippen LogP contribution in [0.4, 0.5) is 10.5 Å². The van der Waals surface area contributed by atoms with Crippen molar-refractivity contribution < 1.29 is 24.2 Å². The predicted octanol–water partition coefficient (Wildman–Crippen LogP) is 5.32. The lowest BCUT2D eigenvalue weighted by Gasteiger charge is -2.36. The average molecular weight is 546 g/mol. The largest absolute Gasteiger partial charge is 0.444 e. The highest BCUT2D eigenvalue weighted by Crippen LogP contribution is 2.31. The van der Waals surface area contributed by atoms with Gasteiger partial charge in [0.2, 0.25) is 5.91 Å². The highest BCUT2D eigenvalue weighted by Gasteiger charge is 2.38. The van der Waals surface area contributed by atoms with Crippen molar-refractivity contribution in [3.8, 4) is 0 Å². The SMILES string of the molecule is Cc1cccc(C(C(=O)Nc2c(C)cccc2Cl)N(CCO)C(=O)C(NC(=O)OC(C)(C)C)C(C)C)c1C. The number of para-hydroxylation sites is 1. The van der Waals surface area contributed by atoms with Crippen molar-refractivity contribution >= 4 is 35.2 Å². The summed E-state index contributed by atoms with van der Waals surface area (Å²) < 4.78 is 5.38. The standard InChI is InChI=1S/C29H40ClN3O5/c1-17(2)23(32-28(37)38-29(6,7)8)27(36)33(15-16-34)25(21-13-9-11-18(3)20(21)5)26(35)31-24-19(4)12-10-14-22(24)30/h9-14,17,23,25,34H,15-16H2,1-8H3,(H,31,35)(H,32,37). The van der Waals surface area contributed by atoms with Crippen LogP contribution in [0, 0.1) is 26.7 Å². The van der Waals surface area contributed by atoms with Crippen LogP contribution in [0.1, 0.15) is 62.9 Å². The van der Waals surface area contributed by atoms with E-state index in [1.165, 1.54) is 4.90 Å². The van der Waals surface area contributed by atoms with Gasteiger partial charge in [0.25, 0.3) is 5.91 Å². The van der Waals surface area contributed by atoms with Gasteiger partial charge in [-0.15, -0.1) is 0 Å². The molecule has 2 unspecified atom stereocenters. The van der Waals surface area contributed by atoms with Crippen LogP contribution < -0.4 is 10.6 Å². The molecule has 38 heavy (non-hydrogen) atoms. The van der Waals surface area contributed by atoms with Gasteiger partial charge in [0.15, 0.2) is 0 Å². The summed E-state index contributed by atoms with van der Waals surface area (Å²) in [7, 11) is 0. The fourth-order valence-electron chi connectivity index (χ4n) is 4.10. The first kappa shape index (κ1) is 31.1. The third-order valence-electron chi connectivity index (χ3n) is 6.20. The molecule has 0 fully saturated rings. The van der Waals surface area contributed by atoms with E-state index in [1.807, 2.05) is 39.0 Å². The van der Waals surface area contributed by atoms with Gasteiger partial charge in [-0.1, -0.05) is 55.8 Å².